The van der Waals surface area contributed by atoms with E-state index in [9.17, 15) is 14.4 Å². The molecule has 7 nitrogen and oxygen atoms in total. The lowest BCUT2D eigenvalue weighted by Gasteiger charge is -2.14. The number of primary amides is 1. The van der Waals surface area contributed by atoms with Crippen LogP contribution < -0.4 is 16.3 Å². The first-order valence-electron chi connectivity index (χ1n) is 4.78. The summed E-state index contributed by atoms with van der Waals surface area (Å²) in [5, 5.41) is 0. The number of nitrogens with zero attached hydrogens (tertiary/aromatic N) is 1. The number of imidazole rings is 1. The molecule has 17 heavy (non-hydrogen) atoms. The normalized spacial score (nSPS) is 10.4. The fraction of sp³-hybridized carbons (Fsp3) is 0.100. The molecule has 2 amide bonds. The molecule has 1 aromatic carbocycles. The second kappa shape index (κ2) is 3.78. The molecule has 0 spiro atoms. The van der Waals surface area contributed by atoms with E-state index < -0.39 is 11.8 Å². The van der Waals surface area contributed by atoms with Crippen LogP contribution in [0.25, 0.3) is 11.0 Å². The summed E-state index contributed by atoms with van der Waals surface area (Å²) < 4.78 is 0. The van der Waals surface area contributed by atoms with Gasteiger partial charge in [0.25, 0.3) is 0 Å². The third kappa shape index (κ3) is 1.89. The van der Waals surface area contributed by atoms with Gasteiger partial charge < -0.3 is 20.6 Å². The summed E-state index contributed by atoms with van der Waals surface area (Å²) in [5.74, 6) is -1.85. The fourth-order valence-corrected chi connectivity index (χ4v) is 1.51. The van der Waals surface area contributed by atoms with E-state index in [1.807, 2.05) is 0 Å². The molecule has 0 aliphatic carbocycles. The van der Waals surface area contributed by atoms with Crippen molar-refractivity contribution in [3.8, 4) is 0 Å². The lowest BCUT2D eigenvalue weighted by molar-refractivity contribution is -0.135. The van der Waals surface area contributed by atoms with Crippen molar-refractivity contribution in [2.45, 2.75) is 0 Å². The summed E-state index contributed by atoms with van der Waals surface area (Å²) in [7, 11) is 1.43. The van der Waals surface area contributed by atoms with Crippen LogP contribution in [0, 0.1) is 0 Å². The monoisotopic (exact) mass is 234 g/mol. The Hall–Kier alpha value is -2.57. The lowest BCUT2D eigenvalue weighted by atomic mass is 10.2. The molecule has 0 atom stereocenters. The van der Waals surface area contributed by atoms with E-state index in [-0.39, 0.29) is 5.69 Å². The molecule has 2 aromatic rings. The molecule has 7 heteroatoms. The minimum atomic E-state index is -1.03. The predicted molar refractivity (Wildman–Crippen MR) is 61.5 cm³/mol. The van der Waals surface area contributed by atoms with E-state index in [2.05, 4.69) is 9.97 Å². The van der Waals surface area contributed by atoms with Gasteiger partial charge in [0.2, 0.25) is 0 Å². The highest BCUT2D eigenvalue weighted by molar-refractivity contribution is 6.39. The SMILES string of the molecule is CN(C(=O)C(N)=O)c1ccc2[nH]c(=O)[nH]c2c1. The van der Waals surface area contributed by atoms with Gasteiger partial charge in [-0.1, -0.05) is 0 Å². The van der Waals surface area contributed by atoms with Crippen molar-refractivity contribution in [2.24, 2.45) is 5.73 Å². The molecule has 0 saturated carbocycles. The number of nitrogens with two attached hydrogens (primary N) is 1. The van der Waals surface area contributed by atoms with Crippen molar-refractivity contribution in [3.05, 3.63) is 28.7 Å². The minimum Gasteiger partial charge on any atom is -0.361 e. The van der Waals surface area contributed by atoms with Crippen molar-refractivity contribution in [3.63, 3.8) is 0 Å². The number of carbonyl (C=O) groups excluding carboxylic acids is 2. The van der Waals surface area contributed by atoms with Crippen LogP contribution in [0.2, 0.25) is 0 Å². The number of likely N-dealkylation sites (N-methyl/N-ethyl adjacent to an activating group) is 1. The number of aromatic amines is 2. The molecule has 0 radical (unpaired) electrons. The van der Waals surface area contributed by atoms with Crippen molar-refractivity contribution < 1.29 is 9.59 Å². The Morgan fingerprint density at radius 2 is 1.88 bits per heavy atom. The van der Waals surface area contributed by atoms with Gasteiger partial charge in [0.1, 0.15) is 0 Å². The van der Waals surface area contributed by atoms with Crippen molar-refractivity contribution in [1.29, 1.82) is 0 Å². The Bertz CT molecular complexity index is 655. The standard InChI is InChI=1S/C10H10N4O3/c1-14(9(16)8(11)15)5-2-3-6-7(4-5)13-10(17)12-6/h2-4H,1H3,(H2,11,15)(H2,12,13,17). The fourth-order valence-electron chi connectivity index (χ4n) is 1.51. The first kappa shape index (κ1) is 10.9. The third-order valence-electron chi connectivity index (χ3n) is 2.40. The van der Waals surface area contributed by atoms with Crippen LogP contribution in [0.5, 0.6) is 0 Å². The summed E-state index contributed by atoms with van der Waals surface area (Å²) in [6, 6.07) is 4.81. The number of H-pyrrole nitrogens is 2. The van der Waals surface area contributed by atoms with Crippen LogP contribution in [0.3, 0.4) is 0 Å². The molecule has 4 N–H and O–H groups in total. The summed E-state index contributed by atoms with van der Waals surface area (Å²) in [5.41, 5.74) is 6.21. The summed E-state index contributed by atoms with van der Waals surface area (Å²) >= 11 is 0. The van der Waals surface area contributed by atoms with Gasteiger partial charge in [0.15, 0.2) is 0 Å². The van der Waals surface area contributed by atoms with Gasteiger partial charge in [-0.2, -0.15) is 0 Å². The van der Waals surface area contributed by atoms with Gasteiger partial charge >= 0.3 is 17.5 Å². The van der Waals surface area contributed by atoms with Crippen molar-refractivity contribution in [2.75, 3.05) is 11.9 Å². The number of nitrogens with one attached hydrogen (secondary N) is 2. The lowest BCUT2D eigenvalue weighted by Crippen LogP contribution is -2.37. The van der Waals surface area contributed by atoms with Crippen LogP contribution in [0.4, 0.5) is 5.69 Å². The Labute approximate surface area is 95.2 Å². The number of fused-ring (bicyclic) bond motifs is 1. The van der Waals surface area contributed by atoms with E-state index in [1.165, 1.54) is 7.05 Å². The van der Waals surface area contributed by atoms with Crippen molar-refractivity contribution >= 4 is 28.5 Å². The van der Waals surface area contributed by atoms with Crippen LogP contribution in [0.15, 0.2) is 23.0 Å². The van der Waals surface area contributed by atoms with Gasteiger partial charge in [-0.05, 0) is 18.2 Å². The van der Waals surface area contributed by atoms with Gasteiger partial charge in [-0.3, -0.25) is 9.59 Å². The number of carbonyl (C=O) groups is 2. The van der Waals surface area contributed by atoms with Gasteiger partial charge in [0, 0.05) is 12.7 Å². The second-order valence-electron chi connectivity index (χ2n) is 3.54. The number of hydrogen-bond donors (Lipinski definition) is 3. The van der Waals surface area contributed by atoms with Gasteiger partial charge in [0.05, 0.1) is 11.0 Å². The quantitative estimate of drug-likeness (QED) is 0.567. The largest absolute Gasteiger partial charge is 0.361 e. The molecule has 0 aliphatic heterocycles. The number of amides is 2. The minimum absolute atomic E-state index is 0.332. The van der Waals surface area contributed by atoms with E-state index in [1.54, 1.807) is 18.2 Å². The Morgan fingerprint density at radius 1 is 1.24 bits per heavy atom. The highest BCUT2D eigenvalue weighted by atomic mass is 16.2. The summed E-state index contributed by atoms with van der Waals surface area (Å²) in [6.07, 6.45) is 0. The number of rotatable bonds is 1. The first-order chi connectivity index (χ1) is 7.99. The van der Waals surface area contributed by atoms with E-state index in [4.69, 9.17) is 5.73 Å². The molecule has 0 bridgehead atoms. The predicted octanol–water partition coefficient (Wildman–Crippen LogP) is -0.696. The Morgan fingerprint density at radius 3 is 2.53 bits per heavy atom. The van der Waals surface area contributed by atoms with Gasteiger partial charge in [-0.25, -0.2) is 4.79 Å². The highest BCUT2D eigenvalue weighted by Crippen LogP contribution is 2.17. The average Bonchev–Trinajstić information content (AvgIpc) is 2.65. The van der Waals surface area contributed by atoms with Crippen LogP contribution >= 0.6 is 0 Å². The topological polar surface area (TPSA) is 112 Å². The maximum absolute atomic E-state index is 11.4. The molecular weight excluding hydrogens is 224 g/mol. The molecule has 0 aliphatic rings. The molecule has 0 unspecified atom stereocenters. The maximum Gasteiger partial charge on any atom is 0.323 e. The zero-order valence-electron chi connectivity index (χ0n) is 8.98. The molecule has 0 fully saturated rings. The smallest absolute Gasteiger partial charge is 0.323 e. The summed E-state index contributed by atoms with van der Waals surface area (Å²) in [6.45, 7) is 0. The molecule has 2 rings (SSSR count). The zero-order valence-corrected chi connectivity index (χ0v) is 8.98. The second-order valence-corrected chi connectivity index (χ2v) is 3.54. The van der Waals surface area contributed by atoms with E-state index in [0.717, 1.165) is 4.90 Å². The maximum atomic E-state index is 11.4. The highest BCUT2D eigenvalue weighted by Gasteiger charge is 2.16. The molecule has 88 valence electrons. The Balaban J connectivity index is 2.45. The number of aromatic nitrogens is 2. The van der Waals surface area contributed by atoms with E-state index in [0.29, 0.717) is 16.7 Å². The number of benzene rings is 1. The molecule has 1 aromatic heterocycles. The molecule has 0 saturated heterocycles. The molecule has 1 heterocycles. The number of hydrogen-bond acceptors (Lipinski definition) is 3. The van der Waals surface area contributed by atoms with Crippen LogP contribution in [-0.2, 0) is 9.59 Å². The summed E-state index contributed by atoms with van der Waals surface area (Å²) in [4.78, 5) is 39.4. The number of anilines is 1. The van der Waals surface area contributed by atoms with E-state index >= 15 is 0 Å². The van der Waals surface area contributed by atoms with Crippen LogP contribution in [-0.4, -0.2) is 28.8 Å². The van der Waals surface area contributed by atoms with Crippen LogP contribution in [0.1, 0.15) is 0 Å². The Kier molecular flexibility index (Phi) is 2.43. The van der Waals surface area contributed by atoms with Crippen molar-refractivity contribution in [1.82, 2.24) is 9.97 Å². The molecular formula is C10H10N4O3. The average molecular weight is 234 g/mol. The van der Waals surface area contributed by atoms with Gasteiger partial charge in [-0.15, -0.1) is 0 Å². The zero-order chi connectivity index (χ0) is 12.6. The first-order valence-corrected chi connectivity index (χ1v) is 4.78. The third-order valence-corrected chi connectivity index (χ3v) is 2.40.